The van der Waals surface area contributed by atoms with Gasteiger partial charge in [0, 0.05) is 47.0 Å². The molecule has 2 atom stereocenters. The lowest BCUT2D eigenvalue weighted by Crippen LogP contribution is -2.45. The topological polar surface area (TPSA) is 89.1 Å². The zero-order valence-corrected chi connectivity index (χ0v) is 31.7. The van der Waals surface area contributed by atoms with E-state index in [0.29, 0.717) is 58.6 Å². The van der Waals surface area contributed by atoms with Crippen molar-refractivity contribution in [1.82, 2.24) is 10.6 Å². The van der Waals surface area contributed by atoms with Gasteiger partial charge in [0.05, 0.1) is 13.5 Å². The van der Waals surface area contributed by atoms with E-state index in [-0.39, 0.29) is 36.7 Å². The smallest absolute Gasteiger partial charge is 0.256 e. The first-order chi connectivity index (χ1) is 24.5. The number of nitrogens with zero attached hydrogens (tertiary/aromatic N) is 1. The Bertz CT molecular complexity index is 1790. The number of carbonyl (C=O) groups is 2. The number of carbonyl (C=O) groups excluding carboxylic acids is 2. The van der Waals surface area contributed by atoms with E-state index in [1.165, 1.54) is 11.6 Å². The summed E-state index contributed by atoms with van der Waals surface area (Å²) in [5, 5.41) is 6.66. The van der Waals surface area contributed by atoms with E-state index in [0.717, 1.165) is 19.4 Å². The van der Waals surface area contributed by atoms with Crippen molar-refractivity contribution in [2.45, 2.75) is 58.8 Å². The van der Waals surface area contributed by atoms with Gasteiger partial charge in [0.25, 0.3) is 5.91 Å². The third kappa shape index (κ3) is 10.9. The van der Waals surface area contributed by atoms with Gasteiger partial charge in [0.15, 0.2) is 11.5 Å². The number of ether oxygens (including phenoxy) is 3. The van der Waals surface area contributed by atoms with Gasteiger partial charge in [-0.1, -0.05) is 93.0 Å². The number of halogens is 3. The number of rotatable bonds is 15. The van der Waals surface area contributed by atoms with Gasteiger partial charge in [-0.3, -0.25) is 9.59 Å². The summed E-state index contributed by atoms with van der Waals surface area (Å²) in [5.41, 5.74) is 3.28. The standard InChI is InChI=1S/C41H47ClFN3O5.ClH/c1-41(2,3)27-46-34-20-19-30(42)24-32(34)38(51-36(40(46)48)25-37(47)45-26-29-15-8-9-17-33(29)43)31-16-10-18-35(39(31)49-4)50-23-22-44-21-11-14-28-12-6-5-7-13-28;/h5-10,12-13,15-20,24,36,38,44H,11,14,21-23,25-27H2,1-4H3,(H,45,47);1H. The number of hydrogen-bond donors (Lipinski definition) is 2. The Kier molecular flexibility index (Phi) is 14.9. The highest BCUT2D eigenvalue weighted by Gasteiger charge is 2.40. The Labute approximate surface area is 317 Å². The fourth-order valence-electron chi connectivity index (χ4n) is 6.15. The Morgan fingerprint density at radius 2 is 1.71 bits per heavy atom. The molecule has 1 aliphatic heterocycles. The Morgan fingerprint density at radius 1 is 0.962 bits per heavy atom. The van der Waals surface area contributed by atoms with Crippen LogP contribution < -0.4 is 25.0 Å². The number of aryl methyl sites for hydroxylation is 1. The van der Waals surface area contributed by atoms with Crippen LogP contribution in [0.3, 0.4) is 0 Å². The normalized spacial score (nSPS) is 15.7. The molecular weight excluding hydrogens is 704 g/mol. The molecule has 0 radical (unpaired) electrons. The number of amides is 2. The number of methoxy groups -OCH3 is 1. The summed E-state index contributed by atoms with van der Waals surface area (Å²) in [6, 6.07) is 27.5. The molecule has 0 saturated carbocycles. The van der Waals surface area contributed by atoms with E-state index in [1.54, 1.807) is 42.3 Å². The molecule has 0 saturated heterocycles. The third-order valence-corrected chi connectivity index (χ3v) is 8.77. The maximum atomic E-state index is 14.3. The lowest BCUT2D eigenvalue weighted by molar-refractivity contribution is -0.138. The highest BCUT2D eigenvalue weighted by molar-refractivity contribution is 6.30. The zero-order chi connectivity index (χ0) is 36.4. The van der Waals surface area contributed by atoms with Crippen LogP contribution in [0.2, 0.25) is 5.02 Å². The van der Waals surface area contributed by atoms with Gasteiger partial charge >= 0.3 is 0 Å². The van der Waals surface area contributed by atoms with Gasteiger partial charge in [0.2, 0.25) is 5.91 Å². The van der Waals surface area contributed by atoms with E-state index >= 15 is 0 Å². The van der Waals surface area contributed by atoms with Crippen LogP contribution >= 0.6 is 24.0 Å². The van der Waals surface area contributed by atoms with Crippen molar-refractivity contribution in [1.29, 1.82) is 0 Å². The second-order valence-corrected chi connectivity index (χ2v) is 14.3. The molecule has 1 heterocycles. The summed E-state index contributed by atoms with van der Waals surface area (Å²) < 4.78 is 33.1. The summed E-state index contributed by atoms with van der Waals surface area (Å²) in [6.45, 7) is 8.36. The van der Waals surface area contributed by atoms with Crippen LogP contribution in [0.15, 0.2) is 91.0 Å². The van der Waals surface area contributed by atoms with Crippen LogP contribution in [0.5, 0.6) is 11.5 Å². The number of para-hydroxylation sites is 1. The molecule has 5 rings (SSSR count). The van der Waals surface area contributed by atoms with E-state index in [2.05, 4.69) is 34.9 Å². The minimum atomic E-state index is -1.17. The fraction of sp³-hybridized carbons (Fsp3) is 0.366. The molecule has 52 heavy (non-hydrogen) atoms. The van der Waals surface area contributed by atoms with E-state index in [9.17, 15) is 14.0 Å². The maximum absolute atomic E-state index is 14.3. The largest absolute Gasteiger partial charge is 0.492 e. The molecule has 4 aromatic carbocycles. The average molecular weight is 753 g/mol. The van der Waals surface area contributed by atoms with Gasteiger partial charge in [-0.15, -0.1) is 12.4 Å². The quantitative estimate of drug-likeness (QED) is 0.120. The summed E-state index contributed by atoms with van der Waals surface area (Å²) in [7, 11) is 1.56. The van der Waals surface area contributed by atoms with Gasteiger partial charge in [-0.05, 0) is 60.7 Å². The zero-order valence-electron chi connectivity index (χ0n) is 30.1. The fourth-order valence-corrected chi connectivity index (χ4v) is 6.33. The van der Waals surface area contributed by atoms with Gasteiger partial charge in [-0.25, -0.2) is 4.39 Å². The molecule has 1 aliphatic rings. The number of hydrogen-bond acceptors (Lipinski definition) is 6. The Balaban J connectivity index is 0.00000605. The molecule has 8 nitrogen and oxygen atoms in total. The first kappa shape index (κ1) is 40.6. The predicted molar refractivity (Wildman–Crippen MR) is 206 cm³/mol. The van der Waals surface area contributed by atoms with Crippen molar-refractivity contribution in [3.8, 4) is 11.5 Å². The van der Waals surface area contributed by atoms with Crippen molar-refractivity contribution in [2.75, 3.05) is 38.3 Å². The lowest BCUT2D eigenvalue weighted by atomic mass is 9.94. The molecule has 0 spiro atoms. The molecule has 4 aromatic rings. The van der Waals surface area contributed by atoms with Crippen molar-refractivity contribution < 1.29 is 28.2 Å². The molecule has 2 unspecified atom stereocenters. The molecule has 0 aromatic heterocycles. The second kappa shape index (κ2) is 19.1. The molecular formula is C41H48Cl2FN3O5. The number of anilines is 1. The van der Waals surface area contributed by atoms with Crippen LogP contribution in [0, 0.1) is 11.2 Å². The lowest BCUT2D eigenvalue weighted by Gasteiger charge is -2.31. The number of benzene rings is 4. The Morgan fingerprint density at radius 3 is 2.44 bits per heavy atom. The minimum absolute atomic E-state index is 0. The van der Waals surface area contributed by atoms with E-state index in [4.69, 9.17) is 25.8 Å². The van der Waals surface area contributed by atoms with Crippen molar-refractivity contribution in [3.63, 3.8) is 0 Å². The monoisotopic (exact) mass is 751 g/mol. The third-order valence-electron chi connectivity index (χ3n) is 8.54. The molecule has 0 bridgehead atoms. The Hall–Kier alpha value is -4.15. The van der Waals surface area contributed by atoms with Crippen LogP contribution in [0.4, 0.5) is 10.1 Å². The van der Waals surface area contributed by atoms with Crippen LogP contribution in [-0.2, 0) is 27.3 Å². The second-order valence-electron chi connectivity index (χ2n) is 13.8. The highest BCUT2D eigenvalue weighted by atomic mass is 35.5. The van der Waals surface area contributed by atoms with Crippen LogP contribution in [-0.4, -0.2) is 51.3 Å². The molecule has 0 fully saturated rings. The van der Waals surface area contributed by atoms with E-state index in [1.807, 2.05) is 51.1 Å². The SMILES string of the molecule is COc1c(OCCNCCCc2ccccc2)cccc1C1OC(CC(=O)NCc2ccccc2F)C(=O)N(CC(C)(C)C)c2ccc(Cl)cc21.Cl. The van der Waals surface area contributed by atoms with Crippen LogP contribution in [0.25, 0.3) is 0 Å². The molecule has 278 valence electrons. The van der Waals surface area contributed by atoms with Gasteiger partial charge < -0.3 is 29.7 Å². The maximum Gasteiger partial charge on any atom is 0.256 e. The summed E-state index contributed by atoms with van der Waals surface area (Å²) >= 11 is 6.58. The summed E-state index contributed by atoms with van der Waals surface area (Å²) in [4.78, 5) is 29.3. The van der Waals surface area contributed by atoms with Gasteiger partial charge in [-0.2, -0.15) is 0 Å². The molecule has 11 heteroatoms. The number of nitrogens with one attached hydrogen (secondary N) is 2. The first-order valence-corrected chi connectivity index (χ1v) is 17.7. The van der Waals surface area contributed by atoms with Crippen molar-refractivity contribution in [3.05, 3.63) is 124 Å². The first-order valence-electron chi connectivity index (χ1n) is 17.3. The molecule has 0 aliphatic carbocycles. The molecule has 2 amide bonds. The number of fused-ring (bicyclic) bond motifs is 1. The molecule has 2 N–H and O–H groups in total. The average Bonchev–Trinajstić information content (AvgIpc) is 3.21. The summed E-state index contributed by atoms with van der Waals surface area (Å²) in [5.74, 6) is -0.250. The summed E-state index contributed by atoms with van der Waals surface area (Å²) in [6.07, 6.45) is -0.274. The van der Waals surface area contributed by atoms with Gasteiger partial charge in [0.1, 0.15) is 24.6 Å². The van der Waals surface area contributed by atoms with E-state index < -0.39 is 23.9 Å². The minimum Gasteiger partial charge on any atom is -0.492 e. The predicted octanol–water partition coefficient (Wildman–Crippen LogP) is 8.08. The van der Waals surface area contributed by atoms with Crippen molar-refractivity contribution >= 4 is 41.5 Å². The van der Waals surface area contributed by atoms with Crippen LogP contribution in [0.1, 0.15) is 62.0 Å². The highest BCUT2D eigenvalue weighted by Crippen LogP contribution is 2.45. The van der Waals surface area contributed by atoms with Crippen molar-refractivity contribution in [2.24, 2.45) is 5.41 Å².